The Kier molecular flexibility index (Phi) is 3.06. The van der Waals surface area contributed by atoms with E-state index in [1.54, 1.807) is 0 Å². The SMILES string of the molecule is CC1CCCCC2C=NC=C(I)C12. The smallest absolute Gasteiger partial charge is 0.0359 e. The van der Waals surface area contributed by atoms with Gasteiger partial charge in [-0.1, -0.05) is 26.2 Å². The van der Waals surface area contributed by atoms with Crippen LogP contribution in [0.5, 0.6) is 0 Å². The van der Waals surface area contributed by atoms with E-state index in [9.17, 15) is 0 Å². The van der Waals surface area contributed by atoms with Crippen LogP contribution in [-0.4, -0.2) is 6.21 Å². The van der Waals surface area contributed by atoms with Crippen molar-refractivity contribution in [1.29, 1.82) is 0 Å². The number of halogens is 1. The third-order valence-electron chi connectivity index (χ3n) is 3.32. The molecule has 0 aromatic carbocycles. The standard InChI is InChI=1S/C11H16IN/c1-8-4-2-3-5-9-6-13-7-10(12)11(8)9/h6-9,11H,2-5H2,1H3. The molecule has 0 aromatic rings. The maximum Gasteiger partial charge on any atom is 0.0359 e. The minimum absolute atomic E-state index is 0.731. The first kappa shape index (κ1) is 9.69. The normalized spacial score (nSPS) is 39.2. The van der Waals surface area contributed by atoms with Gasteiger partial charge in [-0.05, 0) is 34.9 Å². The molecule has 0 aromatic heterocycles. The fraction of sp³-hybridized carbons (Fsp3) is 0.727. The Balaban J connectivity index is 2.22. The van der Waals surface area contributed by atoms with Gasteiger partial charge in [0.2, 0.25) is 0 Å². The highest BCUT2D eigenvalue weighted by Crippen LogP contribution is 2.41. The van der Waals surface area contributed by atoms with Gasteiger partial charge in [-0.15, -0.1) is 0 Å². The number of fused-ring (bicyclic) bond motifs is 1. The van der Waals surface area contributed by atoms with Gasteiger partial charge in [0.05, 0.1) is 0 Å². The van der Waals surface area contributed by atoms with Gasteiger partial charge in [0.25, 0.3) is 0 Å². The maximum atomic E-state index is 4.32. The molecular weight excluding hydrogens is 273 g/mol. The number of hydrogen-bond acceptors (Lipinski definition) is 1. The average molecular weight is 289 g/mol. The average Bonchev–Trinajstić information content (AvgIpc) is 2.29. The molecule has 0 bridgehead atoms. The molecule has 1 aliphatic carbocycles. The molecule has 1 aliphatic heterocycles. The molecule has 0 amide bonds. The lowest BCUT2D eigenvalue weighted by molar-refractivity contribution is 0.360. The summed E-state index contributed by atoms with van der Waals surface area (Å²) < 4.78 is 1.47. The van der Waals surface area contributed by atoms with Gasteiger partial charge in [-0.25, -0.2) is 0 Å². The highest BCUT2D eigenvalue weighted by molar-refractivity contribution is 14.1. The predicted molar refractivity (Wildman–Crippen MR) is 65.2 cm³/mol. The first-order valence-electron chi connectivity index (χ1n) is 5.18. The van der Waals surface area contributed by atoms with Gasteiger partial charge < -0.3 is 0 Å². The van der Waals surface area contributed by atoms with Crippen molar-refractivity contribution in [3.8, 4) is 0 Å². The molecule has 1 heterocycles. The van der Waals surface area contributed by atoms with Crippen molar-refractivity contribution in [1.82, 2.24) is 0 Å². The summed E-state index contributed by atoms with van der Waals surface area (Å²) in [7, 11) is 0. The van der Waals surface area contributed by atoms with E-state index in [1.807, 2.05) is 6.20 Å². The summed E-state index contributed by atoms with van der Waals surface area (Å²) in [5.74, 6) is 2.36. The zero-order valence-corrected chi connectivity index (χ0v) is 10.2. The fourth-order valence-electron chi connectivity index (χ4n) is 2.58. The van der Waals surface area contributed by atoms with E-state index in [1.165, 1.54) is 29.3 Å². The predicted octanol–water partition coefficient (Wildman–Crippen LogP) is 3.79. The van der Waals surface area contributed by atoms with Gasteiger partial charge in [0.15, 0.2) is 0 Å². The Hall–Kier alpha value is 0.140. The monoisotopic (exact) mass is 289 g/mol. The minimum atomic E-state index is 0.731. The second kappa shape index (κ2) is 4.11. The number of nitrogens with zero attached hydrogens (tertiary/aromatic N) is 1. The Morgan fingerprint density at radius 1 is 1.38 bits per heavy atom. The molecule has 3 unspecified atom stereocenters. The number of hydrogen-bond donors (Lipinski definition) is 0. The van der Waals surface area contributed by atoms with Gasteiger partial charge in [-0.2, -0.15) is 0 Å². The molecule has 1 saturated carbocycles. The van der Waals surface area contributed by atoms with Crippen LogP contribution in [0.4, 0.5) is 0 Å². The Morgan fingerprint density at radius 2 is 2.15 bits per heavy atom. The van der Waals surface area contributed by atoms with Crippen LogP contribution >= 0.6 is 22.6 Å². The molecule has 0 N–H and O–H groups in total. The van der Waals surface area contributed by atoms with Crippen molar-refractivity contribution in [3.63, 3.8) is 0 Å². The Morgan fingerprint density at radius 3 is 3.00 bits per heavy atom. The summed E-state index contributed by atoms with van der Waals surface area (Å²) in [4.78, 5) is 4.32. The van der Waals surface area contributed by atoms with E-state index in [4.69, 9.17) is 0 Å². The number of rotatable bonds is 0. The minimum Gasteiger partial charge on any atom is -0.268 e. The van der Waals surface area contributed by atoms with E-state index in [0.29, 0.717) is 0 Å². The Bertz CT molecular complexity index is 244. The van der Waals surface area contributed by atoms with Crippen molar-refractivity contribution < 1.29 is 0 Å². The molecule has 72 valence electrons. The van der Waals surface area contributed by atoms with Crippen LogP contribution in [0, 0.1) is 17.8 Å². The van der Waals surface area contributed by atoms with Gasteiger partial charge in [0.1, 0.15) is 0 Å². The van der Waals surface area contributed by atoms with Crippen molar-refractivity contribution >= 4 is 28.8 Å². The summed E-state index contributed by atoms with van der Waals surface area (Å²) in [5.41, 5.74) is 0. The summed E-state index contributed by atoms with van der Waals surface area (Å²) >= 11 is 2.47. The maximum absolute atomic E-state index is 4.32. The first-order valence-corrected chi connectivity index (χ1v) is 6.26. The van der Waals surface area contributed by atoms with Crippen LogP contribution in [0.15, 0.2) is 14.8 Å². The van der Waals surface area contributed by atoms with Gasteiger partial charge in [0, 0.05) is 27.8 Å². The highest BCUT2D eigenvalue weighted by atomic mass is 127. The molecule has 2 heteroatoms. The largest absolute Gasteiger partial charge is 0.268 e. The van der Waals surface area contributed by atoms with Crippen molar-refractivity contribution in [2.45, 2.75) is 32.6 Å². The van der Waals surface area contributed by atoms with E-state index >= 15 is 0 Å². The molecule has 0 radical (unpaired) electrons. The molecule has 0 saturated heterocycles. The third-order valence-corrected chi connectivity index (χ3v) is 4.31. The lowest BCUT2D eigenvalue weighted by Gasteiger charge is -2.28. The van der Waals surface area contributed by atoms with Gasteiger partial charge in [-0.3, -0.25) is 4.99 Å². The van der Waals surface area contributed by atoms with Crippen molar-refractivity contribution in [2.75, 3.05) is 0 Å². The molecule has 1 nitrogen and oxygen atoms in total. The number of aliphatic imine (C=N–C) groups is 1. The van der Waals surface area contributed by atoms with Crippen molar-refractivity contribution in [2.24, 2.45) is 22.7 Å². The van der Waals surface area contributed by atoms with Crippen LogP contribution in [0.3, 0.4) is 0 Å². The highest BCUT2D eigenvalue weighted by Gasteiger charge is 2.31. The zero-order valence-electron chi connectivity index (χ0n) is 8.04. The van der Waals surface area contributed by atoms with Crippen LogP contribution in [0.2, 0.25) is 0 Å². The van der Waals surface area contributed by atoms with E-state index in [2.05, 4.69) is 40.7 Å². The fourth-order valence-corrected chi connectivity index (χ4v) is 3.82. The summed E-state index contributed by atoms with van der Waals surface area (Å²) in [6, 6.07) is 0. The van der Waals surface area contributed by atoms with Crippen LogP contribution in [0.25, 0.3) is 0 Å². The van der Waals surface area contributed by atoms with Crippen molar-refractivity contribution in [3.05, 3.63) is 9.78 Å². The van der Waals surface area contributed by atoms with Gasteiger partial charge >= 0.3 is 0 Å². The topological polar surface area (TPSA) is 12.4 Å². The van der Waals surface area contributed by atoms with E-state index in [0.717, 1.165) is 17.8 Å². The molecule has 13 heavy (non-hydrogen) atoms. The van der Waals surface area contributed by atoms with Crippen LogP contribution in [-0.2, 0) is 0 Å². The third kappa shape index (κ3) is 1.97. The quantitative estimate of drug-likeness (QED) is 0.602. The second-order valence-electron chi connectivity index (χ2n) is 4.26. The molecular formula is C11H16IN. The van der Waals surface area contributed by atoms with Crippen LogP contribution in [0.1, 0.15) is 32.6 Å². The molecule has 3 atom stereocenters. The lowest BCUT2D eigenvalue weighted by atomic mass is 9.81. The summed E-state index contributed by atoms with van der Waals surface area (Å²) in [6.07, 6.45) is 9.76. The lowest BCUT2D eigenvalue weighted by Crippen LogP contribution is -2.23. The molecule has 2 rings (SSSR count). The first-order chi connectivity index (χ1) is 6.29. The second-order valence-corrected chi connectivity index (χ2v) is 5.51. The molecule has 2 aliphatic rings. The van der Waals surface area contributed by atoms with E-state index < -0.39 is 0 Å². The summed E-state index contributed by atoms with van der Waals surface area (Å²) in [6.45, 7) is 2.40. The van der Waals surface area contributed by atoms with E-state index in [-0.39, 0.29) is 0 Å². The molecule has 0 spiro atoms. The molecule has 1 fully saturated rings. The number of allylic oxidation sites excluding steroid dienone is 1. The zero-order chi connectivity index (χ0) is 9.26. The van der Waals surface area contributed by atoms with Crippen LogP contribution < -0.4 is 0 Å². The summed E-state index contributed by atoms with van der Waals surface area (Å²) in [5, 5.41) is 0. The Labute approximate surface area is 93.8 Å².